The lowest BCUT2D eigenvalue weighted by Gasteiger charge is -2.41. The lowest BCUT2D eigenvalue weighted by atomic mass is 9.85. The first-order valence-corrected chi connectivity index (χ1v) is 28.1. The van der Waals surface area contributed by atoms with Gasteiger partial charge in [0.1, 0.15) is 43.2 Å². The average Bonchev–Trinajstić information content (AvgIpc) is 3.30. The van der Waals surface area contributed by atoms with Crippen molar-refractivity contribution >= 4 is 19.8 Å². The standard InChI is InChI=1S/C52H97O13P/c1-3-5-7-9-11-13-15-17-19-20-21-22-23-24-25-26-27-29-31-33-35-37-39-41-46(54)64-44(43-63-66(60,61)65-52-50(58)48(56)47(55)49(57)51(52)59)42-62-45(53)40-38-36-34-32-30-28-18-16-14-12-10-8-6-4-2/h26-27,33,35,44,47-52,55-59H,3-25,28-32,34,36-43H2,1-2H3,(H,60,61)/b27-26+,35-33+/t44-,47?,48-,49?,50?,51?,52?/m1/s1. The fourth-order valence-corrected chi connectivity index (χ4v) is 9.22. The van der Waals surface area contributed by atoms with E-state index in [9.17, 15) is 44.6 Å². The van der Waals surface area contributed by atoms with Gasteiger partial charge in [0, 0.05) is 12.8 Å². The summed E-state index contributed by atoms with van der Waals surface area (Å²) >= 11 is 0. The number of allylic oxidation sites excluding steroid dienone is 4. The summed E-state index contributed by atoms with van der Waals surface area (Å²) in [6, 6.07) is 0. The van der Waals surface area contributed by atoms with E-state index in [1.165, 1.54) is 154 Å². The van der Waals surface area contributed by atoms with Crippen molar-refractivity contribution in [1.82, 2.24) is 0 Å². The van der Waals surface area contributed by atoms with E-state index in [2.05, 4.69) is 32.1 Å². The maximum atomic E-state index is 12.8. The Hall–Kier alpha value is -1.67. The number of phosphoric ester groups is 1. The third-order valence-electron chi connectivity index (χ3n) is 12.5. The lowest BCUT2D eigenvalue weighted by Crippen LogP contribution is -2.64. The number of rotatable bonds is 45. The van der Waals surface area contributed by atoms with Crippen LogP contribution in [-0.4, -0.2) is 98.3 Å². The summed E-state index contributed by atoms with van der Waals surface area (Å²) < 4.78 is 33.6. The molecule has 1 aliphatic carbocycles. The second-order valence-electron chi connectivity index (χ2n) is 18.7. The number of phosphoric acid groups is 1. The van der Waals surface area contributed by atoms with Crippen molar-refractivity contribution in [3.8, 4) is 0 Å². The van der Waals surface area contributed by atoms with Gasteiger partial charge in [-0.1, -0.05) is 205 Å². The number of unbranched alkanes of at least 4 members (excludes halogenated alkanes) is 29. The molecule has 0 heterocycles. The molecule has 0 aromatic heterocycles. The Balaban J connectivity index is 2.39. The summed E-state index contributed by atoms with van der Waals surface area (Å²) in [5.74, 6) is -1.14. The second-order valence-corrected chi connectivity index (χ2v) is 20.1. The Morgan fingerprint density at radius 3 is 1.24 bits per heavy atom. The SMILES string of the molecule is CCCCCCCCCCCCCCCC/C=C/CC/C=C/CCCC(=O)O[C@H](COC(=O)CCCCCCCCCCCCCCCC)COP(=O)(O)OC1C(O)C(O)C(O)[C@@H](O)C1O. The van der Waals surface area contributed by atoms with Gasteiger partial charge >= 0.3 is 19.8 Å². The Bertz CT molecular complexity index is 1250. The fourth-order valence-electron chi connectivity index (χ4n) is 8.25. The van der Waals surface area contributed by atoms with Crippen molar-refractivity contribution in [2.45, 2.75) is 281 Å². The molecule has 6 N–H and O–H groups in total. The minimum absolute atomic E-state index is 0.0405. The van der Waals surface area contributed by atoms with Crippen LogP contribution in [0.4, 0.5) is 0 Å². The lowest BCUT2D eigenvalue weighted by molar-refractivity contribution is -0.220. The quantitative estimate of drug-likeness (QED) is 0.0145. The molecule has 0 aliphatic heterocycles. The number of ether oxygens (including phenoxy) is 2. The molecule has 0 saturated heterocycles. The molecule has 1 aliphatic rings. The van der Waals surface area contributed by atoms with Gasteiger partial charge in [0.25, 0.3) is 0 Å². The summed E-state index contributed by atoms with van der Waals surface area (Å²) in [5.41, 5.74) is 0. The second kappa shape index (κ2) is 42.2. The van der Waals surface area contributed by atoms with Gasteiger partial charge in [-0.2, -0.15) is 0 Å². The maximum Gasteiger partial charge on any atom is 0.472 e. The van der Waals surface area contributed by atoms with E-state index in [1.807, 2.05) is 6.08 Å². The largest absolute Gasteiger partial charge is 0.472 e. The van der Waals surface area contributed by atoms with Gasteiger partial charge in [0.15, 0.2) is 6.10 Å². The molecule has 0 radical (unpaired) electrons. The summed E-state index contributed by atoms with van der Waals surface area (Å²) in [4.78, 5) is 35.8. The molecule has 0 amide bonds. The van der Waals surface area contributed by atoms with E-state index in [0.717, 1.165) is 38.5 Å². The maximum absolute atomic E-state index is 12.8. The predicted molar refractivity (Wildman–Crippen MR) is 263 cm³/mol. The van der Waals surface area contributed by atoms with Crippen molar-refractivity contribution in [2.24, 2.45) is 0 Å². The summed E-state index contributed by atoms with van der Waals surface area (Å²) in [7, 11) is -5.13. The van der Waals surface area contributed by atoms with Crippen LogP contribution >= 0.6 is 7.82 Å². The van der Waals surface area contributed by atoms with Gasteiger partial charge in [-0.25, -0.2) is 4.57 Å². The number of aliphatic hydroxyl groups is 5. The molecule has 0 bridgehead atoms. The third-order valence-corrected chi connectivity index (χ3v) is 13.5. The van der Waals surface area contributed by atoms with E-state index < -0.39 is 75.7 Å². The van der Waals surface area contributed by atoms with Gasteiger partial charge in [0.05, 0.1) is 6.61 Å². The van der Waals surface area contributed by atoms with E-state index in [-0.39, 0.29) is 12.8 Å². The number of aliphatic hydroxyl groups excluding tert-OH is 5. The van der Waals surface area contributed by atoms with Crippen LogP contribution in [0.25, 0.3) is 0 Å². The Labute approximate surface area is 400 Å². The van der Waals surface area contributed by atoms with Crippen molar-refractivity contribution in [3.63, 3.8) is 0 Å². The smallest absolute Gasteiger partial charge is 0.462 e. The molecule has 13 nitrogen and oxygen atoms in total. The minimum atomic E-state index is -5.13. The molecular weight excluding hydrogens is 864 g/mol. The first-order valence-electron chi connectivity index (χ1n) is 26.6. The van der Waals surface area contributed by atoms with Crippen LogP contribution in [0.1, 0.15) is 239 Å². The van der Waals surface area contributed by atoms with Gasteiger partial charge in [-0.15, -0.1) is 0 Å². The van der Waals surface area contributed by atoms with Crippen molar-refractivity contribution < 1.29 is 63.1 Å². The normalized spacial score (nSPS) is 21.4. The van der Waals surface area contributed by atoms with Gasteiger partial charge in [-0.3, -0.25) is 18.6 Å². The number of hydrogen-bond donors (Lipinski definition) is 6. The molecule has 1 rings (SSSR count). The average molecular weight is 961 g/mol. The van der Waals surface area contributed by atoms with E-state index in [1.54, 1.807) is 0 Å². The zero-order valence-corrected chi connectivity index (χ0v) is 42.4. The van der Waals surface area contributed by atoms with Crippen molar-refractivity contribution in [1.29, 1.82) is 0 Å². The summed E-state index contributed by atoms with van der Waals surface area (Å²) in [6.07, 6.45) is 35.3. The van der Waals surface area contributed by atoms with Gasteiger partial charge in [0.2, 0.25) is 0 Å². The monoisotopic (exact) mass is 961 g/mol. The Morgan fingerprint density at radius 1 is 0.455 bits per heavy atom. The third kappa shape index (κ3) is 33.8. The van der Waals surface area contributed by atoms with Crippen LogP contribution in [0.2, 0.25) is 0 Å². The Kier molecular flexibility index (Phi) is 39.9. The zero-order chi connectivity index (χ0) is 48.5. The molecule has 8 atom stereocenters. The highest BCUT2D eigenvalue weighted by Gasteiger charge is 2.51. The zero-order valence-electron chi connectivity index (χ0n) is 41.5. The van der Waals surface area contributed by atoms with Crippen LogP contribution in [0.15, 0.2) is 24.3 Å². The first-order chi connectivity index (χ1) is 31.9. The van der Waals surface area contributed by atoms with Crippen LogP contribution in [-0.2, 0) is 32.7 Å². The fraction of sp³-hybridized carbons (Fsp3) is 0.885. The highest BCUT2D eigenvalue weighted by Crippen LogP contribution is 2.47. The van der Waals surface area contributed by atoms with Crippen molar-refractivity contribution in [3.05, 3.63) is 24.3 Å². The van der Waals surface area contributed by atoms with E-state index in [0.29, 0.717) is 19.3 Å². The van der Waals surface area contributed by atoms with Crippen LogP contribution in [0.5, 0.6) is 0 Å². The molecule has 14 heteroatoms. The molecule has 1 saturated carbocycles. The molecule has 6 unspecified atom stereocenters. The summed E-state index contributed by atoms with van der Waals surface area (Å²) in [6.45, 7) is 3.31. The highest BCUT2D eigenvalue weighted by atomic mass is 31.2. The van der Waals surface area contributed by atoms with Crippen LogP contribution < -0.4 is 0 Å². The highest BCUT2D eigenvalue weighted by molar-refractivity contribution is 7.47. The van der Waals surface area contributed by atoms with Crippen LogP contribution in [0, 0.1) is 0 Å². The molecule has 66 heavy (non-hydrogen) atoms. The minimum Gasteiger partial charge on any atom is -0.462 e. The predicted octanol–water partition coefficient (Wildman–Crippen LogP) is 11.6. The number of carbonyl (C=O) groups excluding carboxylic acids is 2. The van der Waals surface area contributed by atoms with Gasteiger partial charge in [-0.05, 0) is 44.9 Å². The molecule has 0 aromatic rings. The summed E-state index contributed by atoms with van der Waals surface area (Å²) in [5, 5.41) is 50.3. The molecule has 0 spiro atoms. The molecular formula is C52H97O13P. The molecule has 1 fully saturated rings. The molecule has 0 aromatic carbocycles. The van der Waals surface area contributed by atoms with Crippen molar-refractivity contribution in [2.75, 3.05) is 13.2 Å². The Morgan fingerprint density at radius 2 is 0.803 bits per heavy atom. The number of esters is 2. The number of hydrogen-bond acceptors (Lipinski definition) is 12. The van der Waals surface area contributed by atoms with Gasteiger partial charge < -0.3 is 39.9 Å². The topological polar surface area (TPSA) is 210 Å². The van der Waals surface area contributed by atoms with E-state index >= 15 is 0 Å². The molecule has 388 valence electrons. The first kappa shape index (κ1) is 62.3. The van der Waals surface area contributed by atoms with E-state index in [4.69, 9.17) is 18.5 Å². The van der Waals surface area contributed by atoms with Crippen LogP contribution in [0.3, 0.4) is 0 Å². The number of carbonyl (C=O) groups is 2.